The van der Waals surface area contributed by atoms with Crippen molar-refractivity contribution in [1.82, 2.24) is 15.1 Å². The van der Waals surface area contributed by atoms with E-state index in [-0.39, 0.29) is 23.9 Å². The van der Waals surface area contributed by atoms with Gasteiger partial charge in [-0.2, -0.15) is 5.10 Å². The fourth-order valence-corrected chi connectivity index (χ4v) is 3.58. The molecule has 1 aliphatic carbocycles. The standard InChI is InChI=1S/C17H21ClFN3O/c1-22-10-12(8-21-22)16(17(11-23)6-3-7-17)20-9-13-14(18)4-2-5-15(13)19/h2,4-5,8,10,16,20,23H,3,6-7,9,11H2,1H3/t16-/m0/s1. The van der Waals surface area contributed by atoms with Gasteiger partial charge in [0.25, 0.3) is 0 Å². The summed E-state index contributed by atoms with van der Waals surface area (Å²) in [6.07, 6.45) is 6.73. The van der Waals surface area contributed by atoms with E-state index in [0.717, 1.165) is 24.8 Å². The van der Waals surface area contributed by atoms with E-state index in [2.05, 4.69) is 10.4 Å². The van der Waals surface area contributed by atoms with Crippen LogP contribution in [0.4, 0.5) is 4.39 Å². The van der Waals surface area contributed by atoms with Crippen LogP contribution >= 0.6 is 11.6 Å². The Morgan fingerprint density at radius 3 is 2.78 bits per heavy atom. The van der Waals surface area contributed by atoms with Crippen molar-refractivity contribution in [2.75, 3.05) is 6.61 Å². The van der Waals surface area contributed by atoms with E-state index in [9.17, 15) is 9.50 Å². The van der Waals surface area contributed by atoms with Gasteiger partial charge >= 0.3 is 0 Å². The highest BCUT2D eigenvalue weighted by atomic mass is 35.5. The van der Waals surface area contributed by atoms with Crippen LogP contribution in [0, 0.1) is 11.2 Å². The Hall–Kier alpha value is -1.43. The molecule has 1 aliphatic rings. The number of hydrogen-bond acceptors (Lipinski definition) is 3. The summed E-state index contributed by atoms with van der Waals surface area (Å²) >= 11 is 6.11. The summed E-state index contributed by atoms with van der Waals surface area (Å²) < 4.78 is 15.7. The van der Waals surface area contributed by atoms with Crippen LogP contribution in [0.1, 0.15) is 36.4 Å². The third-order valence-corrected chi connectivity index (χ3v) is 5.23. The van der Waals surface area contributed by atoms with Crippen LogP contribution in [0.5, 0.6) is 0 Å². The number of rotatable bonds is 6. The molecule has 1 aromatic heterocycles. The van der Waals surface area contributed by atoms with Crippen LogP contribution in [-0.2, 0) is 13.6 Å². The number of nitrogens with zero attached hydrogens (tertiary/aromatic N) is 2. The quantitative estimate of drug-likeness (QED) is 0.851. The molecule has 0 aliphatic heterocycles. The first-order chi connectivity index (χ1) is 11.1. The molecule has 1 saturated carbocycles. The lowest BCUT2D eigenvalue weighted by Gasteiger charge is -2.46. The molecule has 1 atom stereocenters. The van der Waals surface area contributed by atoms with Gasteiger partial charge in [0.1, 0.15) is 5.82 Å². The molecule has 2 aromatic rings. The maximum absolute atomic E-state index is 14.0. The topological polar surface area (TPSA) is 50.1 Å². The zero-order chi connectivity index (χ0) is 16.4. The Morgan fingerprint density at radius 2 is 2.26 bits per heavy atom. The van der Waals surface area contributed by atoms with Crippen molar-refractivity contribution >= 4 is 11.6 Å². The van der Waals surface area contributed by atoms with Gasteiger partial charge in [-0.05, 0) is 25.0 Å². The average Bonchev–Trinajstić information content (AvgIpc) is 2.90. The van der Waals surface area contributed by atoms with Crippen LogP contribution in [-0.4, -0.2) is 21.5 Å². The number of benzene rings is 1. The molecule has 3 rings (SSSR count). The van der Waals surface area contributed by atoms with Crippen molar-refractivity contribution in [3.8, 4) is 0 Å². The minimum atomic E-state index is -0.318. The Kier molecular flexibility index (Phi) is 4.71. The molecule has 0 spiro atoms. The van der Waals surface area contributed by atoms with Gasteiger partial charge in [0.05, 0.1) is 12.8 Å². The van der Waals surface area contributed by atoms with Crippen molar-refractivity contribution in [2.45, 2.75) is 31.8 Å². The van der Waals surface area contributed by atoms with E-state index < -0.39 is 0 Å². The van der Waals surface area contributed by atoms with Gasteiger partial charge in [-0.3, -0.25) is 4.68 Å². The first-order valence-electron chi connectivity index (χ1n) is 7.81. The molecule has 0 bridgehead atoms. The predicted octanol–water partition coefficient (Wildman–Crippen LogP) is 3.21. The fraction of sp³-hybridized carbons (Fsp3) is 0.471. The molecule has 0 radical (unpaired) electrons. The molecule has 23 heavy (non-hydrogen) atoms. The van der Waals surface area contributed by atoms with Gasteiger partial charge in [-0.1, -0.05) is 24.1 Å². The highest BCUT2D eigenvalue weighted by molar-refractivity contribution is 6.31. The van der Waals surface area contributed by atoms with Crippen LogP contribution in [0.25, 0.3) is 0 Å². The van der Waals surface area contributed by atoms with Crippen molar-refractivity contribution in [1.29, 1.82) is 0 Å². The van der Waals surface area contributed by atoms with E-state index in [0.29, 0.717) is 17.1 Å². The molecular formula is C17H21ClFN3O. The molecule has 0 amide bonds. The number of aromatic nitrogens is 2. The second-order valence-electron chi connectivity index (χ2n) is 6.34. The van der Waals surface area contributed by atoms with Crippen LogP contribution < -0.4 is 5.32 Å². The van der Waals surface area contributed by atoms with Crippen molar-refractivity contribution in [3.63, 3.8) is 0 Å². The molecular weight excluding hydrogens is 317 g/mol. The number of halogens is 2. The molecule has 6 heteroatoms. The number of aliphatic hydroxyl groups is 1. The van der Waals surface area contributed by atoms with Gasteiger partial charge in [0.2, 0.25) is 0 Å². The number of nitrogens with one attached hydrogen (secondary N) is 1. The first kappa shape index (κ1) is 16.4. The van der Waals surface area contributed by atoms with Crippen molar-refractivity contribution < 1.29 is 9.50 Å². The molecule has 1 heterocycles. The summed E-state index contributed by atoms with van der Waals surface area (Å²) in [7, 11) is 1.86. The van der Waals surface area contributed by atoms with Gasteiger partial charge < -0.3 is 10.4 Å². The predicted molar refractivity (Wildman–Crippen MR) is 87.6 cm³/mol. The van der Waals surface area contributed by atoms with E-state index >= 15 is 0 Å². The monoisotopic (exact) mass is 337 g/mol. The second-order valence-corrected chi connectivity index (χ2v) is 6.74. The number of hydrogen-bond donors (Lipinski definition) is 2. The Labute approximate surface area is 140 Å². The normalized spacial score (nSPS) is 17.7. The zero-order valence-corrected chi connectivity index (χ0v) is 13.9. The molecule has 1 fully saturated rings. The van der Waals surface area contributed by atoms with Crippen LogP contribution in [0.15, 0.2) is 30.6 Å². The minimum absolute atomic E-state index is 0.0781. The van der Waals surface area contributed by atoms with E-state index in [4.69, 9.17) is 11.6 Å². The highest BCUT2D eigenvalue weighted by Crippen LogP contribution is 2.50. The lowest BCUT2D eigenvalue weighted by molar-refractivity contribution is 0.00449. The summed E-state index contributed by atoms with van der Waals surface area (Å²) in [5.41, 5.74) is 1.25. The summed E-state index contributed by atoms with van der Waals surface area (Å²) in [5, 5.41) is 18.0. The zero-order valence-electron chi connectivity index (χ0n) is 13.1. The largest absolute Gasteiger partial charge is 0.396 e. The third kappa shape index (κ3) is 3.13. The SMILES string of the molecule is Cn1cc([C@H](NCc2c(F)cccc2Cl)C2(CO)CCC2)cn1. The third-order valence-electron chi connectivity index (χ3n) is 4.88. The summed E-state index contributed by atoms with van der Waals surface area (Å²) in [5.74, 6) is -0.318. The lowest BCUT2D eigenvalue weighted by atomic mass is 9.63. The van der Waals surface area contributed by atoms with Crippen LogP contribution in [0.2, 0.25) is 5.02 Å². The Balaban J connectivity index is 1.85. The summed E-state index contributed by atoms with van der Waals surface area (Å²) in [6, 6.07) is 4.62. The van der Waals surface area contributed by atoms with E-state index in [1.807, 2.05) is 13.2 Å². The average molecular weight is 338 g/mol. The second kappa shape index (κ2) is 6.59. The highest BCUT2D eigenvalue weighted by Gasteiger charge is 2.44. The smallest absolute Gasteiger partial charge is 0.129 e. The van der Waals surface area contributed by atoms with Gasteiger partial charge in [-0.25, -0.2) is 4.39 Å². The van der Waals surface area contributed by atoms with Crippen molar-refractivity contribution in [2.24, 2.45) is 12.5 Å². The first-order valence-corrected chi connectivity index (χ1v) is 8.19. The summed E-state index contributed by atoms with van der Waals surface area (Å²) in [4.78, 5) is 0. The van der Waals surface area contributed by atoms with Gasteiger partial charge in [0, 0.05) is 47.4 Å². The lowest BCUT2D eigenvalue weighted by Crippen LogP contribution is -2.45. The maximum Gasteiger partial charge on any atom is 0.129 e. The number of aliphatic hydroxyl groups excluding tert-OH is 1. The molecule has 124 valence electrons. The fourth-order valence-electron chi connectivity index (χ4n) is 3.35. The van der Waals surface area contributed by atoms with Gasteiger partial charge in [-0.15, -0.1) is 0 Å². The summed E-state index contributed by atoms with van der Waals surface area (Å²) in [6.45, 7) is 0.414. The molecule has 4 nitrogen and oxygen atoms in total. The Bertz CT molecular complexity index is 658. The van der Waals surface area contributed by atoms with E-state index in [1.165, 1.54) is 6.07 Å². The van der Waals surface area contributed by atoms with E-state index in [1.54, 1.807) is 23.0 Å². The van der Waals surface area contributed by atoms with Crippen LogP contribution in [0.3, 0.4) is 0 Å². The van der Waals surface area contributed by atoms with Gasteiger partial charge in [0.15, 0.2) is 0 Å². The minimum Gasteiger partial charge on any atom is -0.396 e. The molecule has 0 saturated heterocycles. The Morgan fingerprint density at radius 1 is 1.48 bits per heavy atom. The number of aryl methyl sites for hydroxylation is 1. The molecule has 1 aromatic carbocycles. The molecule has 0 unspecified atom stereocenters. The van der Waals surface area contributed by atoms with Crippen molar-refractivity contribution in [3.05, 3.63) is 52.6 Å². The maximum atomic E-state index is 14.0. The molecule has 2 N–H and O–H groups in total.